The Morgan fingerprint density at radius 2 is 2.05 bits per heavy atom. The van der Waals surface area contributed by atoms with E-state index in [1.807, 2.05) is 12.3 Å². The van der Waals surface area contributed by atoms with Crippen LogP contribution in [-0.2, 0) is 0 Å². The number of anilines is 2. The largest absolute Gasteiger partial charge is 0.354 e. The van der Waals surface area contributed by atoms with Gasteiger partial charge in [-0.2, -0.15) is 4.98 Å². The molecule has 0 saturated carbocycles. The van der Waals surface area contributed by atoms with Crippen LogP contribution in [0.2, 0.25) is 0 Å². The third-order valence-electron chi connectivity index (χ3n) is 4.65. The topological polar surface area (TPSA) is 41.1 Å². The van der Waals surface area contributed by atoms with Gasteiger partial charge in [0.25, 0.3) is 0 Å². The maximum Gasteiger partial charge on any atom is 0.224 e. The summed E-state index contributed by atoms with van der Waals surface area (Å²) in [7, 11) is 0. The van der Waals surface area contributed by atoms with Gasteiger partial charge in [0, 0.05) is 25.2 Å². The summed E-state index contributed by atoms with van der Waals surface area (Å²) in [5, 5.41) is 3.20. The van der Waals surface area contributed by atoms with Crippen molar-refractivity contribution in [2.75, 3.05) is 23.3 Å². The van der Waals surface area contributed by atoms with Crippen LogP contribution < -0.4 is 10.2 Å². The number of aromatic nitrogens is 2. The lowest BCUT2D eigenvalue weighted by Gasteiger charge is -2.47. The molecule has 1 aliphatic carbocycles. The maximum atomic E-state index is 4.68. The van der Waals surface area contributed by atoms with Crippen LogP contribution in [0.5, 0.6) is 0 Å². The van der Waals surface area contributed by atoms with E-state index in [1.165, 1.54) is 18.4 Å². The molecular formula is C17H20N4. The number of benzene rings is 1. The molecule has 0 unspecified atom stereocenters. The second kappa shape index (κ2) is 5.02. The van der Waals surface area contributed by atoms with Crippen molar-refractivity contribution >= 4 is 11.8 Å². The third-order valence-corrected chi connectivity index (χ3v) is 4.65. The van der Waals surface area contributed by atoms with Gasteiger partial charge in [0.2, 0.25) is 5.95 Å². The van der Waals surface area contributed by atoms with Crippen LogP contribution in [0.1, 0.15) is 42.9 Å². The van der Waals surface area contributed by atoms with Crippen molar-refractivity contribution in [2.45, 2.75) is 31.7 Å². The van der Waals surface area contributed by atoms with E-state index in [4.69, 9.17) is 0 Å². The highest BCUT2D eigenvalue weighted by molar-refractivity contribution is 5.52. The van der Waals surface area contributed by atoms with Crippen LogP contribution in [0.4, 0.5) is 11.8 Å². The maximum absolute atomic E-state index is 4.68. The van der Waals surface area contributed by atoms with Crippen LogP contribution in [0.25, 0.3) is 0 Å². The van der Waals surface area contributed by atoms with Crippen LogP contribution in [0, 0.1) is 0 Å². The van der Waals surface area contributed by atoms with Crippen molar-refractivity contribution in [3.63, 3.8) is 0 Å². The summed E-state index contributed by atoms with van der Waals surface area (Å²) in [4.78, 5) is 11.4. The second-order valence-electron chi connectivity index (χ2n) is 5.84. The fourth-order valence-corrected chi connectivity index (χ4v) is 3.74. The molecule has 3 aliphatic rings. The Morgan fingerprint density at radius 3 is 2.90 bits per heavy atom. The number of hydrogen-bond donors (Lipinski definition) is 1. The zero-order valence-corrected chi connectivity index (χ0v) is 12.3. The van der Waals surface area contributed by atoms with E-state index in [-0.39, 0.29) is 0 Å². The summed E-state index contributed by atoms with van der Waals surface area (Å²) in [6.45, 7) is 3.98. The Kier molecular flexibility index (Phi) is 3.02. The number of fused-ring (bicyclic) bond motifs is 2. The summed E-state index contributed by atoms with van der Waals surface area (Å²) in [6, 6.07) is 11.4. The highest BCUT2D eigenvalue weighted by atomic mass is 15.3. The van der Waals surface area contributed by atoms with Gasteiger partial charge >= 0.3 is 0 Å². The average Bonchev–Trinajstić information content (AvgIpc) is 2.56. The summed E-state index contributed by atoms with van der Waals surface area (Å²) in [5.41, 5.74) is 3.04. The smallest absolute Gasteiger partial charge is 0.224 e. The number of nitrogens with one attached hydrogen (secondary N) is 1. The standard InChI is InChI=1S/C17H20N4/c1-2-18-17-19-10-9-16(20-17)21-11-12-7-8-15(21)14-6-4-3-5-13(12)14/h3-6,9-10,12,15H,2,7-8,11H2,1H3,(H,18,19,20)/t12-,15+/m1/s1. The van der Waals surface area contributed by atoms with Crippen LogP contribution in [-0.4, -0.2) is 23.1 Å². The molecule has 3 heterocycles. The molecule has 2 aromatic rings. The molecule has 0 spiro atoms. The van der Waals surface area contributed by atoms with Gasteiger partial charge in [0.05, 0.1) is 6.04 Å². The Labute approximate surface area is 125 Å². The van der Waals surface area contributed by atoms with E-state index < -0.39 is 0 Å². The molecule has 1 aromatic heterocycles. The fraction of sp³-hybridized carbons (Fsp3) is 0.412. The molecule has 0 amide bonds. The predicted molar refractivity (Wildman–Crippen MR) is 84.7 cm³/mol. The first-order valence-electron chi connectivity index (χ1n) is 7.79. The van der Waals surface area contributed by atoms with Gasteiger partial charge in [0.1, 0.15) is 5.82 Å². The van der Waals surface area contributed by atoms with E-state index in [1.54, 1.807) is 5.56 Å². The third kappa shape index (κ3) is 2.06. The molecule has 1 aromatic carbocycles. The fourth-order valence-electron chi connectivity index (χ4n) is 3.74. The molecule has 108 valence electrons. The summed E-state index contributed by atoms with van der Waals surface area (Å²) < 4.78 is 0. The van der Waals surface area contributed by atoms with Gasteiger partial charge < -0.3 is 10.2 Å². The quantitative estimate of drug-likeness (QED) is 0.936. The molecular weight excluding hydrogens is 260 g/mol. The predicted octanol–water partition coefficient (Wildman–Crippen LogP) is 3.35. The van der Waals surface area contributed by atoms with Crippen LogP contribution in [0.3, 0.4) is 0 Å². The van der Waals surface area contributed by atoms with Gasteiger partial charge in [-0.25, -0.2) is 4.98 Å². The highest BCUT2D eigenvalue weighted by Crippen LogP contribution is 2.47. The molecule has 2 aliphatic heterocycles. The minimum atomic E-state index is 0.468. The molecule has 4 heteroatoms. The Hall–Kier alpha value is -2.10. The molecule has 2 atom stereocenters. The zero-order chi connectivity index (χ0) is 14.2. The van der Waals surface area contributed by atoms with Crippen LogP contribution >= 0.6 is 0 Å². The van der Waals surface area contributed by atoms with Crippen LogP contribution in [0.15, 0.2) is 36.5 Å². The minimum absolute atomic E-state index is 0.468. The first-order chi connectivity index (χ1) is 10.4. The van der Waals surface area contributed by atoms with Crippen molar-refractivity contribution in [3.05, 3.63) is 47.7 Å². The zero-order valence-electron chi connectivity index (χ0n) is 12.3. The van der Waals surface area contributed by atoms with Crippen molar-refractivity contribution in [1.29, 1.82) is 0 Å². The van der Waals surface area contributed by atoms with Gasteiger partial charge in [-0.15, -0.1) is 0 Å². The molecule has 1 fully saturated rings. The molecule has 4 nitrogen and oxygen atoms in total. The molecule has 5 rings (SSSR count). The van der Waals surface area contributed by atoms with Gasteiger partial charge in [-0.3, -0.25) is 0 Å². The lowest BCUT2D eigenvalue weighted by atomic mass is 9.75. The highest BCUT2D eigenvalue weighted by Gasteiger charge is 2.38. The minimum Gasteiger partial charge on any atom is -0.354 e. The van der Waals surface area contributed by atoms with E-state index in [0.717, 1.165) is 24.9 Å². The number of hydrogen-bond acceptors (Lipinski definition) is 4. The molecule has 2 bridgehead atoms. The Morgan fingerprint density at radius 1 is 1.19 bits per heavy atom. The van der Waals surface area contributed by atoms with E-state index in [9.17, 15) is 0 Å². The first kappa shape index (κ1) is 12.6. The van der Waals surface area contributed by atoms with E-state index in [2.05, 4.69) is 51.4 Å². The number of rotatable bonds is 3. The van der Waals surface area contributed by atoms with Gasteiger partial charge in [0.15, 0.2) is 0 Å². The Bertz CT molecular complexity index is 655. The Balaban J connectivity index is 1.71. The van der Waals surface area contributed by atoms with E-state index >= 15 is 0 Å². The summed E-state index contributed by atoms with van der Waals surface area (Å²) in [5.74, 6) is 2.42. The summed E-state index contributed by atoms with van der Waals surface area (Å²) >= 11 is 0. The molecule has 1 saturated heterocycles. The number of piperidine rings is 1. The first-order valence-corrected chi connectivity index (χ1v) is 7.79. The van der Waals surface area contributed by atoms with Crippen molar-refractivity contribution in [2.24, 2.45) is 0 Å². The summed E-state index contributed by atoms with van der Waals surface area (Å²) in [6.07, 6.45) is 4.38. The van der Waals surface area contributed by atoms with E-state index in [0.29, 0.717) is 12.0 Å². The normalized spacial score (nSPS) is 23.0. The van der Waals surface area contributed by atoms with Gasteiger partial charge in [-0.05, 0) is 37.0 Å². The SMILES string of the molecule is CCNc1nccc(N2C[C@H]3CC[C@H]2c2ccccc23)n1. The van der Waals surface area contributed by atoms with Crippen molar-refractivity contribution in [3.8, 4) is 0 Å². The van der Waals surface area contributed by atoms with Crippen molar-refractivity contribution in [1.82, 2.24) is 9.97 Å². The molecule has 1 N–H and O–H groups in total. The second-order valence-corrected chi connectivity index (χ2v) is 5.84. The molecule has 0 radical (unpaired) electrons. The number of nitrogens with zero attached hydrogens (tertiary/aromatic N) is 3. The lowest BCUT2D eigenvalue weighted by Crippen LogP contribution is -2.42. The average molecular weight is 280 g/mol. The molecule has 21 heavy (non-hydrogen) atoms. The van der Waals surface area contributed by atoms with Crippen molar-refractivity contribution < 1.29 is 0 Å². The lowest BCUT2D eigenvalue weighted by molar-refractivity contribution is 0.387. The van der Waals surface area contributed by atoms with Gasteiger partial charge in [-0.1, -0.05) is 24.3 Å². The monoisotopic (exact) mass is 280 g/mol.